The molecule has 4 aromatic heterocycles. The van der Waals surface area contributed by atoms with Crippen LogP contribution in [-0.4, -0.2) is 42.3 Å². The summed E-state index contributed by atoms with van der Waals surface area (Å²) in [5.41, 5.74) is 2.19. The van der Waals surface area contributed by atoms with E-state index in [1.807, 2.05) is 42.5 Å². The second-order valence-corrected chi connectivity index (χ2v) is 10.3. The van der Waals surface area contributed by atoms with E-state index in [9.17, 15) is 14.3 Å². The number of nitrogens with zero attached hydrogens (tertiary/aromatic N) is 4. The fourth-order valence-corrected chi connectivity index (χ4v) is 6.22. The number of carbonyl (C=O) groups is 1. The lowest BCUT2D eigenvalue weighted by atomic mass is 9.61. The molecule has 0 amide bonds. The zero-order valence-corrected chi connectivity index (χ0v) is 20.8. The molecular formula is C29H25FN6O3. The highest BCUT2D eigenvalue weighted by molar-refractivity contribution is 5.89. The first-order valence-electron chi connectivity index (χ1n) is 13.1. The van der Waals surface area contributed by atoms with E-state index in [1.165, 1.54) is 6.07 Å². The minimum absolute atomic E-state index is 0.148. The molecule has 3 aliphatic rings. The summed E-state index contributed by atoms with van der Waals surface area (Å²) in [5.74, 6) is 0.588. The van der Waals surface area contributed by atoms with Gasteiger partial charge in [-0.1, -0.05) is 30.3 Å². The molecule has 3 fully saturated rings. The largest absolute Gasteiger partial charge is 0.481 e. The van der Waals surface area contributed by atoms with Crippen LogP contribution in [0.4, 0.5) is 10.2 Å². The number of H-pyrrole nitrogens is 1. The topological polar surface area (TPSA) is 130 Å². The maximum atomic E-state index is 14.1. The van der Waals surface area contributed by atoms with Gasteiger partial charge in [0.1, 0.15) is 28.8 Å². The van der Waals surface area contributed by atoms with Gasteiger partial charge in [-0.05, 0) is 55.7 Å². The Balaban J connectivity index is 1.33. The van der Waals surface area contributed by atoms with Crippen molar-refractivity contribution in [3.05, 3.63) is 66.6 Å². The lowest BCUT2D eigenvalue weighted by Gasteiger charge is -2.47. The molecule has 0 unspecified atom stereocenters. The van der Waals surface area contributed by atoms with Gasteiger partial charge in [-0.15, -0.1) is 0 Å². The molecule has 0 saturated heterocycles. The van der Waals surface area contributed by atoms with Crippen molar-refractivity contribution in [2.45, 2.75) is 31.7 Å². The van der Waals surface area contributed by atoms with Gasteiger partial charge in [0.2, 0.25) is 0 Å². The fourth-order valence-electron chi connectivity index (χ4n) is 6.22. The highest BCUT2D eigenvalue weighted by atomic mass is 19.1. The molecule has 3 aliphatic carbocycles. The minimum Gasteiger partial charge on any atom is -0.481 e. The summed E-state index contributed by atoms with van der Waals surface area (Å²) in [6.45, 7) is 0. The number of halogens is 1. The van der Waals surface area contributed by atoms with Gasteiger partial charge in [0.05, 0.1) is 17.5 Å². The van der Waals surface area contributed by atoms with Crippen molar-refractivity contribution in [2.75, 3.05) is 5.32 Å². The van der Waals surface area contributed by atoms with E-state index in [4.69, 9.17) is 14.4 Å². The molecule has 196 valence electrons. The number of anilines is 1. The number of hydrogen-bond acceptors (Lipinski definition) is 7. The summed E-state index contributed by atoms with van der Waals surface area (Å²) in [6, 6.07) is 16.3. The molecule has 1 aromatic carbocycles. The monoisotopic (exact) mass is 524 g/mol. The summed E-state index contributed by atoms with van der Waals surface area (Å²) in [7, 11) is 0. The number of pyridine rings is 1. The fraction of sp³-hybridized carbons (Fsp3) is 0.276. The second kappa shape index (κ2) is 9.30. The van der Waals surface area contributed by atoms with E-state index in [-0.39, 0.29) is 23.7 Å². The summed E-state index contributed by atoms with van der Waals surface area (Å²) >= 11 is 0. The predicted octanol–water partition coefficient (Wildman–Crippen LogP) is 5.78. The van der Waals surface area contributed by atoms with Crippen molar-refractivity contribution in [1.29, 1.82) is 0 Å². The zero-order valence-electron chi connectivity index (χ0n) is 20.8. The lowest BCUT2D eigenvalue weighted by Crippen LogP contribution is -2.51. The van der Waals surface area contributed by atoms with E-state index in [0.717, 1.165) is 37.4 Å². The number of aromatic nitrogens is 5. The number of carboxylic acid groups (broad SMARTS) is 1. The predicted molar refractivity (Wildman–Crippen MR) is 142 cm³/mol. The van der Waals surface area contributed by atoms with E-state index >= 15 is 0 Å². The van der Waals surface area contributed by atoms with E-state index < -0.39 is 17.7 Å². The number of fused-ring (bicyclic) bond motifs is 4. The molecule has 4 heterocycles. The molecule has 5 aromatic rings. The van der Waals surface area contributed by atoms with Crippen LogP contribution < -0.4 is 5.32 Å². The van der Waals surface area contributed by atoms with Gasteiger partial charge < -0.3 is 14.8 Å². The Morgan fingerprint density at radius 3 is 2.56 bits per heavy atom. The Morgan fingerprint density at radius 2 is 1.77 bits per heavy atom. The smallest absolute Gasteiger partial charge is 0.308 e. The van der Waals surface area contributed by atoms with Crippen LogP contribution in [0.1, 0.15) is 25.7 Å². The Morgan fingerprint density at radius 1 is 1.00 bits per heavy atom. The third kappa shape index (κ3) is 4.21. The Hall–Kier alpha value is -4.60. The van der Waals surface area contributed by atoms with Gasteiger partial charge in [-0.2, -0.15) is 5.10 Å². The lowest BCUT2D eigenvalue weighted by molar-refractivity contribution is -0.148. The van der Waals surface area contributed by atoms with Crippen LogP contribution in [0.15, 0.2) is 65.2 Å². The molecule has 2 bridgehead atoms. The third-order valence-corrected chi connectivity index (χ3v) is 8.06. The van der Waals surface area contributed by atoms with Crippen molar-refractivity contribution in [3.8, 4) is 34.3 Å². The average molecular weight is 525 g/mol. The van der Waals surface area contributed by atoms with Crippen LogP contribution in [0.3, 0.4) is 0 Å². The van der Waals surface area contributed by atoms with Crippen LogP contribution in [0.2, 0.25) is 0 Å². The molecular weight excluding hydrogens is 499 g/mol. The van der Waals surface area contributed by atoms with Gasteiger partial charge in [0.15, 0.2) is 17.2 Å². The van der Waals surface area contributed by atoms with Crippen molar-refractivity contribution < 1.29 is 18.7 Å². The number of hydrogen-bond donors (Lipinski definition) is 3. The summed E-state index contributed by atoms with van der Waals surface area (Å²) in [5, 5.41) is 21.0. The maximum Gasteiger partial charge on any atom is 0.308 e. The van der Waals surface area contributed by atoms with Crippen LogP contribution >= 0.6 is 0 Å². The molecule has 0 radical (unpaired) electrons. The van der Waals surface area contributed by atoms with Crippen molar-refractivity contribution in [3.63, 3.8) is 0 Å². The van der Waals surface area contributed by atoms with Gasteiger partial charge in [0, 0.05) is 17.7 Å². The van der Waals surface area contributed by atoms with Crippen LogP contribution in [-0.2, 0) is 4.79 Å². The maximum absolute atomic E-state index is 14.1. The Kier molecular flexibility index (Phi) is 5.61. The van der Waals surface area contributed by atoms with Crippen LogP contribution in [0, 0.1) is 23.6 Å². The summed E-state index contributed by atoms with van der Waals surface area (Å²) < 4.78 is 20.3. The molecule has 39 heavy (non-hydrogen) atoms. The Bertz CT molecular complexity index is 1680. The number of benzene rings is 1. The van der Waals surface area contributed by atoms with Gasteiger partial charge in [-0.25, -0.2) is 19.3 Å². The van der Waals surface area contributed by atoms with Crippen LogP contribution in [0.25, 0.3) is 45.3 Å². The molecule has 2 atom stereocenters. The SMILES string of the molecule is O=C(O)[C@H]1C2CCC(CC2)[C@@H]1Nc1cc(-c2ccc(-c3ccccc3)o2)nc(-c2[nH]nc3ncc(F)cc23)n1. The first kappa shape index (κ1) is 23.5. The third-order valence-electron chi connectivity index (χ3n) is 8.06. The van der Waals surface area contributed by atoms with Crippen molar-refractivity contribution in [2.24, 2.45) is 17.8 Å². The zero-order chi connectivity index (χ0) is 26.5. The quantitative estimate of drug-likeness (QED) is 0.255. The van der Waals surface area contributed by atoms with Gasteiger partial charge in [-0.3, -0.25) is 9.89 Å². The van der Waals surface area contributed by atoms with Gasteiger partial charge >= 0.3 is 5.97 Å². The number of aliphatic carboxylic acids is 1. The molecule has 0 spiro atoms. The average Bonchev–Trinajstić information content (AvgIpc) is 3.62. The van der Waals surface area contributed by atoms with E-state index in [2.05, 4.69) is 20.5 Å². The minimum atomic E-state index is -0.781. The molecule has 0 aliphatic heterocycles. The highest BCUT2D eigenvalue weighted by Crippen LogP contribution is 2.46. The number of nitrogens with one attached hydrogen (secondary N) is 2. The highest BCUT2D eigenvalue weighted by Gasteiger charge is 2.47. The standard InChI is InChI=1S/C29H25FN6O3/c30-18-12-19-26(35-36-27(19)31-14-18)28-32-20(22-11-10-21(39-22)15-4-2-1-3-5-15)13-23(34-28)33-25-17-8-6-16(7-9-17)24(25)29(37)38/h1-5,10-14,16-17,24-25H,6-9H2,(H,37,38)(H,31,35,36)(H,32,33,34)/t16?,17?,24-,25-/m0/s1. The molecule has 8 rings (SSSR count). The van der Waals surface area contributed by atoms with Crippen molar-refractivity contribution in [1.82, 2.24) is 25.1 Å². The molecule has 3 N–H and O–H groups in total. The normalized spacial score (nSPS) is 22.3. The molecule has 3 saturated carbocycles. The van der Waals surface area contributed by atoms with Gasteiger partial charge in [0.25, 0.3) is 0 Å². The molecule has 9 nitrogen and oxygen atoms in total. The van der Waals surface area contributed by atoms with Crippen LogP contribution in [0.5, 0.6) is 0 Å². The summed E-state index contributed by atoms with van der Waals surface area (Å²) in [6.07, 6.45) is 4.97. The first-order chi connectivity index (χ1) is 19.0. The number of carboxylic acids is 1. The number of furan rings is 1. The molecule has 10 heteroatoms. The Labute approximate surface area is 222 Å². The van der Waals surface area contributed by atoms with Crippen molar-refractivity contribution >= 4 is 22.8 Å². The summed E-state index contributed by atoms with van der Waals surface area (Å²) in [4.78, 5) is 25.8. The van der Waals surface area contributed by atoms with E-state index in [1.54, 1.807) is 6.07 Å². The second-order valence-electron chi connectivity index (χ2n) is 10.3. The van der Waals surface area contributed by atoms with E-state index in [0.29, 0.717) is 39.8 Å². The first-order valence-corrected chi connectivity index (χ1v) is 13.1. The number of aromatic amines is 1. The number of rotatable bonds is 6.